The Labute approximate surface area is 84.9 Å². The standard InChI is InChI=1S/C8H9NO2.C3H8/c1-11-7-5-3-2-4-6(7)8(9)10;1-3-2/h2-5H,1H3,(H2,9,10);3H2,1-2H3. The monoisotopic (exact) mass is 195 g/mol. The minimum Gasteiger partial charge on any atom is -0.496 e. The molecule has 0 aromatic heterocycles. The van der Waals surface area contributed by atoms with E-state index in [1.807, 2.05) is 0 Å². The van der Waals surface area contributed by atoms with Crippen LogP contribution in [0.1, 0.15) is 30.6 Å². The van der Waals surface area contributed by atoms with Crippen LogP contribution < -0.4 is 10.5 Å². The number of primary amides is 1. The van der Waals surface area contributed by atoms with E-state index in [2.05, 4.69) is 13.8 Å². The first-order valence-electron chi connectivity index (χ1n) is 4.60. The molecule has 0 saturated heterocycles. The van der Waals surface area contributed by atoms with Crippen molar-refractivity contribution >= 4 is 5.91 Å². The molecular formula is C11H17NO2. The van der Waals surface area contributed by atoms with E-state index < -0.39 is 5.91 Å². The van der Waals surface area contributed by atoms with E-state index in [9.17, 15) is 4.79 Å². The Morgan fingerprint density at radius 2 is 1.86 bits per heavy atom. The first kappa shape index (κ1) is 12.5. The van der Waals surface area contributed by atoms with E-state index in [0.717, 1.165) is 0 Å². The second kappa shape index (κ2) is 6.95. The van der Waals surface area contributed by atoms with Gasteiger partial charge in [0.15, 0.2) is 0 Å². The van der Waals surface area contributed by atoms with E-state index in [4.69, 9.17) is 10.5 Å². The van der Waals surface area contributed by atoms with Crippen LogP contribution in [-0.2, 0) is 0 Å². The number of benzene rings is 1. The minimum absolute atomic E-state index is 0.412. The fourth-order valence-corrected chi connectivity index (χ4v) is 0.848. The minimum atomic E-state index is -0.470. The summed E-state index contributed by atoms with van der Waals surface area (Å²) in [5.41, 5.74) is 5.48. The predicted octanol–water partition coefficient (Wildman–Crippen LogP) is 2.21. The van der Waals surface area contributed by atoms with Gasteiger partial charge in [0, 0.05) is 0 Å². The molecule has 3 heteroatoms. The summed E-state index contributed by atoms with van der Waals surface area (Å²) in [5, 5.41) is 0. The van der Waals surface area contributed by atoms with Crippen molar-refractivity contribution in [2.24, 2.45) is 5.73 Å². The number of carbonyl (C=O) groups excluding carboxylic acids is 1. The van der Waals surface area contributed by atoms with Gasteiger partial charge in [-0.2, -0.15) is 0 Å². The maximum absolute atomic E-state index is 10.7. The molecule has 0 heterocycles. The topological polar surface area (TPSA) is 52.3 Å². The normalized spacial score (nSPS) is 8.50. The van der Waals surface area contributed by atoms with Gasteiger partial charge in [0.25, 0.3) is 5.91 Å². The molecule has 0 saturated carbocycles. The van der Waals surface area contributed by atoms with Gasteiger partial charge in [-0.15, -0.1) is 0 Å². The number of nitrogens with two attached hydrogens (primary N) is 1. The highest BCUT2D eigenvalue weighted by Gasteiger charge is 2.05. The highest BCUT2D eigenvalue weighted by atomic mass is 16.5. The summed E-state index contributed by atoms with van der Waals surface area (Å²) in [6, 6.07) is 6.84. The Bertz CT molecular complexity index is 284. The van der Waals surface area contributed by atoms with E-state index in [-0.39, 0.29) is 0 Å². The van der Waals surface area contributed by atoms with Gasteiger partial charge in [0.1, 0.15) is 5.75 Å². The Morgan fingerprint density at radius 1 is 1.36 bits per heavy atom. The van der Waals surface area contributed by atoms with Gasteiger partial charge in [-0.25, -0.2) is 0 Å². The molecule has 78 valence electrons. The first-order valence-corrected chi connectivity index (χ1v) is 4.60. The molecule has 0 spiro atoms. The average molecular weight is 195 g/mol. The Hall–Kier alpha value is -1.51. The van der Waals surface area contributed by atoms with Gasteiger partial charge in [-0.3, -0.25) is 4.79 Å². The number of amides is 1. The lowest BCUT2D eigenvalue weighted by Crippen LogP contribution is -2.11. The van der Waals surface area contributed by atoms with E-state index in [1.165, 1.54) is 13.5 Å². The maximum atomic E-state index is 10.7. The fraction of sp³-hybridized carbons (Fsp3) is 0.364. The molecule has 0 aliphatic rings. The number of para-hydroxylation sites is 1. The van der Waals surface area contributed by atoms with Crippen molar-refractivity contribution in [1.29, 1.82) is 0 Å². The highest BCUT2D eigenvalue weighted by Crippen LogP contribution is 2.15. The van der Waals surface area contributed by atoms with Crippen LogP contribution in [0.25, 0.3) is 0 Å². The summed E-state index contributed by atoms with van der Waals surface area (Å²) in [7, 11) is 1.50. The van der Waals surface area contributed by atoms with Crippen LogP contribution >= 0.6 is 0 Å². The van der Waals surface area contributed by atoms with Crippen molar-refractivity contribution < 1.29 is 9.53 Å². The number of carbonyl (C=O) groups is 1. The lowest BCUT2D eigenvalue weighted by molar-refractivity contribution is 0.0997. The Kier molecular flexibility index (Phi) is 6.20. The zero-order valence-electron chi connectivity index (χ0n) is 8.91. The summed E-state index contributed by atoms with van der Waals surface area (Å²) >= 11 is 0. The molecule has 0 unspecified atom stereocenters. The third kappa shape index (κ3) is 3.94. The Morgan fingerprint density at radius 3 is 2.21 bits per heavy atom. The first-order chi connectivity index (χ1) is 6.67. The number of hydrogen-bond acceptors (Lipinski definition) is 2. The van der Waals surface area contributed by atoms with Gasteiger partial charge >= 0.3 is 0 Å². The molecule has 1 rings (SSSR count). The van der Waals surface area contributed by atoms with Crippen molar-refractivity contribution in [2.75, 3.05) is 7.11 Å². The number of methoxy groups -OCH3 is 1. The van der Waals surface area contributed by atoms with Gasteiger partial charge in [-0.05, 0) is 12.1 Å². The zero-order chi connectivity index (χ0) is 11.0. The Balaban J connectivity index is 0.000000500. The molecule has 0 bridgehead atoms. The van der Waals surface area contributed by atoms with Crippen LogP contribution in [0.15, 0.2) is 24.3 Å². The molecule has 0 aliphatic carbocycles. The summed E-state index contributed by atoms with van der Waals surface area (Å²) < 4.78 is 4.91. The summed E-state index contributed by atoms with van der Waals surface area (Å²) in [6.45, 7) is 4.25. The lowest BCUT2D eigenvalue weighted by Gasteiger charge is -2.02. The van der Waals surface area contributed by atoms with E-state index >= 15 is 0 Å². The number of rotatable bonds is 2. The molecule has 1 amide bonds. The SMILES string of the molecule is CCC.COc1ccccc1C(N)=O. The molecule has 0 atom stereocenters. The van der Waals surface area contributed by atoms with Gasteiger partial charge in [0.2, 0.25) is 0 Å². The molecule has 3 nitrogen and oxygen atoms in total. The molecule has 0 radical (unpaired) electrons. The molecule has 1 aromatic carbocycles. The summed E-state index contributed by atoms with van der Waals surface area (Å²) in [4.78, 5) is 10.7. The van der Waals surface area contributed by atoms with Crippen LogP contribution in [0.4, 0.5) is 0 Å². The van der Waals surface area contributed by atoms with E-state index in [0.29, 0.717) is 11.3 Å². The van der Waals surface area contributed by atoms with Crippen LogP contribution in [-0.4, -0.2) is 13.0 Å². The van der Waals surface area contributed by atoms with Crippen LogP contribution in [0.3, 0.4) is 0 Å². The quantitative estimate of drug-likeness (QED) is 0.786. The number of hydrogen-bond donors (Lipinski definition) is 1. The molecule has 0 aliphatic heterocycles. The third-order valence-corrected chi connectivity index (χ3v) is 1.37. The summed E-state index contributed by atoms with van der Waals surface area (Å²) in [5.74, 6) is 0.0439. The third-order valence-electron chi connectivity index (χ3n) is 1.37. The van der Waals surface area contributed by atoms with Crippen LogP contribution in [0, 0.1) is 0 Å². The molecule has 14 heavy (non-hydrogen) atoms. The van der Waals surface area contributed by atoms with E-state index in [1.54, 1.807) is 24.3 Å². The second-order valence-electron chi connectivity index (χ2n) is 2.77. The van der Waals surface area contributed by atoms with Crippen molar-refractivity contribution in [3.05, 3.63) is 29.8 Å². The van der Waals surface area contributed by atoms with Crippen LogP contribution in [0.5, 0.6) is 5.75 Å². The van der Waals surface area contributed by atoms with Crippen molar-refractivity contribution in [2.45, 2.75) is 20.3 Å². The number of ether oxygens (including phenoxy) is 1. The molecule has 0 fully saturated rings. The average Bonchev–Trinajstić information content (AvgIpc) is 2.19. The lowest BCUT2D eigenvalue weighted by atomic mass is 10.2. The maximum Gasteiger partial charge on any atom is 0.252 e. The van der Waals surface area contributed by atoms with Crippen LogP contribution in [0.2, 0.25) is 0 Å². The van der Waals surface area contributed by atoms with Crippen molar-refractivity contribution in [3.63, 3.8) is 0 Å². The highest BCUT2D eigenvalue weighted by molar-refractivity contribution is 5.95. The molecular weight excluding hydrogens is 178 g/mol. The smallest absolute Gasteiger partial charge is 0.252 e. The largest absolute Gasteiger partial charge is 0.496 e. The van der Waals surface area contributed by atoms with Crippen molar-refractivity contribution in [1.82, 2.24) is 0 Å². The zero-order valence-corrected chi connectivity index (χ0v) is 8.91. The fourth-order valence-electron chi connectivity index (χ4n) is 0.848. The van der Waals surface area contributed by atoms with Crippen molar-refractivity contribution in [3.8, 4) is 5.75 Å². The van der Waals surface area contributed by atoms with Gasteiger partial charge < -0.3 is 10.5 Å². The molecule has 1 aromatic rings. The van der Waals surface area contributed by atoms with Gasteiger partial charge in [-0.1, -0.05) is 32.4 Å². The predicted molar refractivity (Wildman–Crippen MR) is 57.5 cm³/mol. The molecule has 2 N–H and O–H groups in total. The van der Waals surface area contributed by atoms with Gasteiger partial charge in [0.05, 0.1) is 12.7 Å². The summed E-state index contributed by atoms with van der Waals surface area (Å²) in [6.07, 6.45) is 1.25. The second-order valence-corrected chi connectivity index (χ2v) is 2.77.